The van der Waals surface area contributed by atoms with Gasteiger partial charge in [-0.15, -0.1) is 16.4 Å². The lowest BCUT2D eigenvalue weighted by molar-refractivity contribution is 0.0898. The number of aryl methyl sites for hydroxylation is 2. The Morgan fingerprint density at radius 1 is 1.33 bits per heavy atom. The number of carbonyl (C=O) groups is 1. The Labute approximate surface area is 143 Å². The van der Waals surface area contributed by atoms with Crippen LogP contribution in [0.15, 0.2) is 23.6 Å². The van der Waals surface area contributed by atoms with Gasteiger partial charge in [-0.25, -0.2) is 9.67 Å². The third kappa shape index (κ3) is 2.49. The van der Waals surface area contributed by atoms with E-state index in [2.05, 4.69) is 20.6 Å². The standard InChI is InChI=1S/C17H19N5OS/c1-11-10-24-16(18-11)17(7-3-4-8-17)19-15(23)12-5-6-14-13(9-12)20-21-22(14)2/h5-6,9-10H,3-4,7-8H2,1-2H3,(H,19,23). The maximum atomic E-state index is 12.8. The minimum Gasteiger partial charge on any atom is -0.340 e. The van der Waals surface area contributed by atoms with Crippen molar-refractivity contribution in [2.45, 2.75) is 38.1 Å². The van der Waals surface area contributed by atoms with Gasteiger partial charge in [0.25, 0.3) is 5.91 Å². The average Bonchev–Trinajstić information content (AvgIpc) is 3.29. The molecule has 1 aliphatic carbocycles. The lowest BCUT2D eigenvalue weighted by atomic mass is 9.97. The summed E-state index contributed by atoms with van der Waals surface area (Å²) in [4.78, 5) is 17.5. The first kappa shape index (κ1) is 15.3. The number of rotatable bonds is 3. The molecule has 1 saturated carbocycles. The van der Waals surface area contributed by atoms with Crippen LogP contribution >= 0.6 is 11.3 Å². The molecule has 6 nitrogen and oxygen atoms in total. The molecule has 0 atom stereocenters. The summed E-state index contributed by atoms with van der Waals surface area (Å²) in [5.41, 5.74) is 2.94. The van der Waals surface area contributed by atoms with Crippen molar-refractivity contribution in [1.82, 2.24) is 25.3 Å². The van der Waals surface area contributed by atoms with Crippen LogP contribution in [0.1, 0.15) is 46.7 Å². The van der Waals surface area contributed by atoms with Crippen molar-refractivity contribution >= 4 is 28.3 Å². The molecular formula is C17H19N5OS. The van der Waals surface area contributed by atoms with E-state index in [1.807, 2.05) is 31.5 Å². The second kappa shape index (κ2) is 5.66. The first-order valence-electron chi connectivity index (χ1n) is 8.12. The molecule has 7 heteroatoms. The molecule has 1 fully saturated rings. The first-order valence-corrected chi connectivity index (χ1v) is 9.00. The van der Waals surface area contributed by atoms with Crippen LogP contribution in [-0.4, -0.2) is 25.9 Å². The summed E-state index contributed by atoms with van der Waals surface area (Å²) in [5, 5.41) is 14.4. The highest BCUT2D eigenvalue weighted by molar-refractivity contribution is 7.09. The summed E-state index contributed by atoms with van der Waals surface area (Å²) >= 11 is 1.64. The number of benzene rings is 1. The van der Waals surface area contributed by atoms with Crippen molar-refractivity contribution in [3.8, 4) is 0 Å². The van der Waals surface area contributed by atoms with Crippen LogP contribution < -0.4 is 5.32 Å². The monoisotopic (exact) mass is 341 g/mol. The molecule has 24 heavy (non-hydrogen) atoms. The van der Waals surface area contributed by atoms with Gasteiger partial charge < -0.3 is 5.32 Å². The van der Waals surface area contributed by atoms with Crippen molar-refractivity contribution in [2.24, 2.45) is 7.05 Å². The highest BCUT2D eigenvalue weighted by Crippen LogP contribution is 2.40. The molecule has 0 bridgehead atoms. The highest BCUT2D eigenvalue weighted by atomic mass is 32.1. The van der Waals surface area contributed by atoms with Gasteiger partial charge in [-0.3, -0.25) is 4.79 Å². The van der Waals surface area contributed by atoms with Gasteiger partial charge in [-0.2, -0.15) is 0 Å². The van der Waals surface area contributed by atoms with E-state index in [1.54, 1.807) is 22.1 Å². The molecule has 1 aliphatic rings. The third-order valence-electron chi connectivity index (χ3n) is 4.71. The molecule has 0 aliphatic heterocycles. The Hall–Kier alpha value is -2.28. The minimum atomic E-state index is -0.326. The molecule has 1 amide bonds. The van der Waals surface area contributed by atoms with Gasteiger partial charge in [0, 0.05) is 23.7 Å². The van der Waals surface area contributed by atoms with E-state index in [0.717, 1.165) is 47.4 Å². The van der Waals surface area contributed by atoms with E-state index in [9.17, 15) is 4.79 Å². The number of carbonyl (C=O) groups excluding carboxylic acids is 1. The number of fused-ring (bicyclic) bond motifs is 1. The molecule has 0 saturated heterocycles. The van der Waals surface area contributed by atoms with E-state index >= 15 is 0 Å². The maximum Gasteiger partial charge on any atom is 0.252 e. The Balaban J connectivity index is 1.65. The molecule has 4 rings (SSSR count). The number of nitrogens with one attached hydrogen (secondary N) is 1. The molecule has 1 N–H and O–H groups in total. The zero-order valence-electron chi connectivity index (χ0n) is 13.7. The van der Waals surface area contributed by atoms with E-state index in [0.29, 0.717) is 5.56 Å². The lowest BCUT2D eigenvalue weighted by Gasteiger charge is -2.28. The van der Waals surface area contributed by atoms with Gasteiger partial charge in [0.05, 0.1) is 11.1 Å². The molecule has 2 heterocycles. The lowest BCUT2D eigenvalue weighted by Crippen LogP contribution is -2.43. The van der Waals surface area contributed by atoms with Crippen LogP contribution in [0.2, 0.25) is 0 Å². The van der Waals surface area contributed by atoms with Crippen LogP contribution in [0.5, 0.6) is 0 Å². The summed E-state index contributed by atoms with van der Waals surface area (Å²) < 4.78 is 1.70. The maximum absolute atomic E-state index is 12.8. The third-order valence-corrected chi connectivity index (χ3v) is 5.88. The minimum absolute atomic E-state index is 0.0719. The Morgan fingerprint density at radius 3 is 2.83 bits per heavy atom. The molecule has 1 aromatic carbocycles. The SMILES string of the molecule is Cc1csc(C2(NC(=O)c3ccc4c(c3)nnn4C)CCCC2)n1. The second-order valence-corrected chi connectivity index (χ2v) is 7.31. The molecule has 124 valence electrons. The van der Waals surface area contributed by atoms with Crippen LogP contribution in [0.25, 0.3) is 11.0 Å². The van der Waals surface area contributed by atoms with Crippen LogP contribution in [-0.2, 0) is 12.6 Å². The zero-order chi connectivity index (χ0) is 16.7. The van der Waals surface area contributed by atoms with Crippen molar-refractivity contribution in [3.05, 3.63) is 39.8 Å². The normalized spacial score (nSPS) is 16.6. The van der Waals surface area contributed by atoms with Gasteiger partial charge in [-0.1, -0.05) is 18.1 Å². The zero-order valence-corrected chi connectivity index (χ0v) is 14.6. The van der Waals surface area contributed by atoms with Crippen LogP contribution in [0.3, 0.4) is 0 Å². The topological polar surface area (TPSA) is 72.7 Å². The second-order valence-electron chi connectivity index (χ2n) is 6.45. The molecule has 0 unspecified atom stereocenters. The fourth-order valence-electron chi connectivity index (χ4n) is 3.42. The average molecular weight is 341 g/mol. The van der Waals surface area contributed by atoms with Crippen molar-refractivity contribution in [2.75, 3.05) is 0 Å². The summed E-state index contributed by atoms with van der Waals surface area (Å²) in [6, 6.07) is 5.52. The fraction of sp³-hybridized carbons (Fsp3) is 0.412. The van der Waals surface area contributed by atoms with Gasteiger partial charge in [-0.05, 0) is 38.0 Å². The predicted molar refractivity (Wildman–Crippen MR) is 93.0 cm³/mol. The first-order chi connectivity index (χ1) is 11.6. The molecule has 2 aromatic heterocycles. The summed E-state index contributed by atoms with van der Waals surface area (Å²) in [7, 11) is 1.84. The molecule has 3 aromatic rings. The highest BCUT2D eigenvalue weighted by Gasteiger charge is 2.39. The number of hydrogen-bond acceptors (Lipinski definition) is 5. The van der Waals surface area contributed by atoms with Gasteiger partial charge in [0.15, 0.2) is 0 Å². The molecule has 0 radical (unpaired) electrons. The summed E-state index contributed by atoms with van der Waals surface area (Å²) in [5.74, 6) is -0.0719. The predicted octanol–water partition coefficient (Wildman–Crippen LogP) is 2.93. The van der Waals surface area contributed by atoms with E-state index in [4.69, 9.17) is 0 Å². The Bertz CT molecular complexity index is 907. The Kier molecular flexibility index (Phi) is 3.60. The summed E-state index contributed by atoms with van der Waals surface area (Å²) in [6.07, 6.45) is 4.11. The number of aromatic nitrogens is 4. The van der Waals surface area contributed by atoms with Gasteiger partial charge in [0.1, 0.15) is 10.5 Å². The van der Waals surface area contributed by atoms with Crippen LogP contribution in [0.4, 0.5) is 0 Å². The van der Waals surface area contributed by atoms with Gasteiger partial charge in [0.2, 0.25) is 0 Å². The fourth-order valence-corrected chi connectivity index (χ4v) is 4.43. The van der Waals surface area contributed by atoms with E-state index in [1.165, 1.54) is 0 Å². The van der Waals surface area contributed by atoms with Gasteiger partial charge >= 0.3 is 0 Å². The van der Waals surface area contributed by atoms with Crippen LogP contribution in [0, 0.1) is 6.92 Å². The van der Waals surface area contributed by atoms with E-state index in [-0.39, 0.29) is 11.4 Å². The van der Waals surface area contributed by atoms with Crippen molar-refractivity contribution < 1.29 is 4.79 Å². The molecular weight excluding hydrogens is 322 g/mol. The van der Waals surface area contributed by atoms with Crippen molar-refractivity contribution in [3.63, 3.8) is 0 Å². The number of amides is 1. The number of nitrogens with zero attached hydrogens (tertiary/aromatic N) is 4. The smallest absolute Gasteiger partial charge is 0.252 e. The van der Waals surface area contributed by atoms with E-state index < -0.39 is 0 Å². The number of thiazole rings is 1. The Morgan fingerprint density at radius 2 is 2.12 bits per heavy atom. The number of hydrogen-bond donors (Lipinski definition) is 1. The van der Waals surface area contributed by atoms with Crippen molar-refractivity contribution in [1.29, 1.82) is 0 Å². The summed E-state index contributed by atoms with van der Waals surface area (Å²) in [6.45, 7) is 1.99. The quantitative estimate of drug-likeness (QED) is 0.795. The molecule has 0 spiro atoms. The largest absolute Gasteiger partial charge is 0.340 e.